The molecule has 25 heavy (non-hydrogen) atoms. The minimum atomic E-state index is -0.0326. The molecule has 0 spiro atoms. The molecule has 0 bridgehead atoms. The van der Waals surface area contributed by atoms with E-state index in [2.05, 4.69) is 41.0 Å². The lowest BCUT2D eigenvalue weighted by molar-refractivity contribution is -0.142. The van der Waals surface area contributed by atoms with Gasteiger partial charge in [-0.15, -0.1) is 0 Å². The number of nitrogens with zero attached hydrogens (tertiary/aromatic N) is 3. The van der Waals surface area contributed by atoms with Crippen LogP contribution in [0, 0.1) is 18.8 Å². The van der Waals surface area contributed by atoms with Gasteiger partial charge in [0, 0.05) is 31.9 Å². The van der Waals surface area contributed by atoms with Crippen LogP contribution in [0.3, 0.4) is 0 Å². The number of carbonyl (C=O) groups excluding carboxylic acids is 2. The van der Waals surface area contributed by atoms with Gasteiger partial charge in [-0.2, -0.15) is 0 Å². The molecule has 0 radical (unpaired) electrons. The van der Waals surface area contributed by atoms with E-state index in [0.29, 0.717) is 6.67 Å². The molecule has 1 aliphatic carbocycles. The second kappa shape index (κ2) is 6.79. The summed E-state index contributed by atoms with van der Waals surface area (Å²) in [6, 6.07) is 8.58. The number of hydrogen-bond acceptors (Lipinski definition) is 4. The van der Waals surface area contributed by atoms with Crippen LogP contribution >= 0.6 is 0 Å². The van der Waals surface area contributed by atoms with Crippen LogP contribution in [-0.2, 0) is 9.59 Å². The summed E-state index contributed by atoms with van der Waals surface area (Å²) in [6.07, 6.45) is 3.96. The summed E-state index contributed by atoms with van der Waals surface area (Å²) in [7, 11) is 0. The molecule has 3 fully saturated rings. The fraction of sp³-hybridized carbons (Fsp3) is 0.600. The van der Waals surface area contributed by atoms with E-state index in [1.807, 2.05) is 0 Å². The van der Waals surface area contributed by atoms with E-state index < -0.39 is 0 Å². The predicted molar refractivity (Wildman–Crippen MR) is 97.1 cm³/mol. The molecule has 2 amide bonds. The van der Waals surface area contributed by atoms with E-state index in [1.165, 1.54) is 11.3 Å². The Balaban J connectivity index is 1.36. The van der Waals surface area contributed by atoms with Gasteiger partial charge in [0.15, 0.2) is 0 Å². The summed E-state index contributed by atoms with van der Waals surface area (Å²) in [6.45, 7) is 6.25. The normalized spacial score (nSPS) is 27.7. The summed E-state index contributed by atoms with van der Waals surface area (Å²) in [5.41, 5.74) is 2.54. The van der Waals surface area contributed by atoms with Gasteiger partial charge in [0.25, 0.3) is 0 Å². The molecule has 0 aromatic heterocycles. The Bertz CT molecular complexity index is 643. The van der Waals surface area contributed by atoms with Crippen LogP contribution in [0.1, 0.15) is 31.2 Å². The first-order chi connectivity index (χ1) is 12.1. The maximum absolute atomic E-state index is 12.6. The topological polar surface area (TPSA) is 43.9 Å². The fourth-order valence-corrected chi connectivity index (χ4v) is 4.54. The zero-order valence-corrected chi connectivity index (χ0v) is 15.0. The molecule has 2 aliphatic heterocycles. The van der Waals surface area contributed by atoms with Crippen molar-refractivity contribution in [2.24, 2.45) is 11.8 Å². The van der Waals surface area contributed by atoms with E-state index in [4.69, 9.17) is 0 Å². The van der Waals surface area contributed by atoms with Crippen molar-refractivity contribution >= 4 is 17.5 Å². The number of fused-ring (bicyclic) bond motifs is 1. The number of anilines is 1. The van der Waals surface area contributed by atoms with Crippen LogP contribution in [0.4, 0.5) is 5.69 Å². The van der Waals surface area contributed by atoms with E-state index in [1.54, 1.807) is 4.90 Å². The van der Waals surface area contributed by atoms with Crippen molar-refractivity contribution in [3.8, 4) is 0 Å². The molecule has 1 aromatic rings. The van der Waals surface area contributed by atoms with Gasteiger partial charge in [-0.3, -0.25) is 19.4 Å². The quantitative estimate of drug-likeness (QED) is 0.791. The van der Waals surface area contributed by atoms with Crippen LogP contribution in [0.5, 0.6) is 0 Å². The lowest BCUT2D eigenvalue weighted by Gasteiger charge is -2.37. The highest BCUT2D eigenvalue weighted by Gasteiger charge is 2.48. The van der Waals surface area contributed by atoms with Crippen molar-refractivity contribution in [2.75, 3.05) is 37.7 Å². The van der Waals surface area contributed by atoms with Gasteiger partial charge in [0.1, 0.15) is 0 Å². The number of hydrogen-bond donors (Lipinski definition) is 0. The first kappa shape index (κ1) is 16.6. The summed E-state index contributed by atoms with van der Waals surface area (Å²) < 4.78 is 0. The summed E-state index contributed by atoms with van der Waals surface area (Å²) >= 11 is 0. The molecular formula is C20H27N3O2. The molecule has 2 heterocycles. The Kier molecular flexibility index (Phi) is 4.50. The van der Waals surface area contributed by atoms with Crippen LogP contribution < -0.4 is 4.90 Å². The third-order valence-corrected chi connectivity index (χ3v) is 6.01. The van der Waals surface area contributed by atoms with E-state index in [9.17, 15) is 9.59 Å². The van der Waals surface area contributed by atoms with E-state index >= 15 is 0 Å². The highest BCUT2D eigenvalue weighted by molar-refractivity contribution is 6.05. The molecule has 4 rings (SSSR count). The first-order valence-corrected chi connectivity index (χ1v) is 9.52. The highest BCUT2D eigenvalue weighted by atomic mass is 16.2. The van der Waals surface area contributed by atoms with Gasteiger partial charge in [0.2, 0.25) is 11.8 Å². The fourth-order valence-electron chi connectivity index (χ4n) is 4.54. The summed E-state index contributed by atoms with van der Waals surface area (Å²) in [4.78, 5) is 31.4. The third-order valence-electron chi connectivity index (χ3n) is 6.01. The third kappa shape index (κ3) is 3.17. The lowest BCUT2D eigenvalue weighted by Crippen LogP contribution is -2.51. The summed E-state index contributed by atoms with van der Waals surface area (Å²) in [5.74, 6) is 0.0938. The molecule has 0 unspecified atom stereocenters. The molecule has 2 saturated heterocycles. The van der Waals surface area contributed by atoms with Crippen molar-refractivity contribution < 1.29 is 9.59 Å². The van der Waals surface area contributed by atoms with Crippen LogP contribution in [-0.4, -0.2) is 54.5 Å². The van der Waals surface area contributed by atoms with E-state index in [0.717, 1.165) is 51.9 Å². The number of rotatable bonds is 3. The molecule has 5 heteroatoms. The highest BCUT2D eigenvalue weighted by Crippen LogP contribution is 2.38. The Labute approximate surface area is 149 Å². The minimum absolute atomic E-state index is 0.0326. The molecule has 5 nitrogen and oxygen atoms in total. The zero-order chi connectivity index (χ0) is 17.4. The number of benzene rings is 1. The first-order valence-electron chi connectivity index (χ1n) is 9.52. The van der Waals surface area contributed by atoms with Gasteiger partial charge >= 0.3 is 0 Å². The number of carbonyl (C=O) groups is 2. The maximum Gasteiger partial charge on any atom is 0.234 e. The van der Waals surface area contributed by atoms with Crippen molar-refractivity contribution in [1.29, 1.82) is 0 Å². The van der Waals surface area contributed by atoms with Crippen molar-refractivity contribution in [1.82, 2.24) is 9.80 Å². The molecular weight excluding hydrogens is 314 g/mol. The Morgan fingerprint density at radius 1 is 0.960 bits per heavy atom. The number of aryl methyl sites for hydroxylation is 1. The number of piperazine rings is 1. The van der Waals surface area contributed by atoms with Gasteiger partial charge in [-0.1, -0.05) is 25.0 Å². The number of imide groups is 1. The van der Waals surface area contributed by atoms with Gasteiger partial charge in [-0.25, -0.2) is 0 Å². The van der Waals surface area contributed by atoms with Crippen molar-refractivity contribution in [3.05, 3.63) is 29.8 Å². The predicted octanol–water partition coefficient (Wildman–Crippen LogP) is 2.25. The zero-order valence-electron chi connectivity index (χ0n) is 15.0. The van der Waals surface area contributed by atoms with Crippen LogP contribution in [0.25, 0.3) is 0 Å². The average Bonchev–Trinajstić information content (AvgIpc) is 2.88. The number of amides is 2. The van der Waals surface area contributed by atoms with E-state index in [-0.39, 0.29) is 23.7 Å². The smallest absolute Gasteiger partial charge is 0.234 e. The summed E-state index contributed by atoms with van der Waals surface area (Å²) in [5, 5.41) is 0. The lowest BCUT2D eigenvalue weighted by atomic mass is 9.81. The largest absolute Gasteiger partial charge is 0.369 e. The van der Waals surface area contributed by atoms with Gasteiger partial charge < -0.3 is 4.90 Å². The SMILES string of the molecule is Cc1cccc(N2CCN(CN3C(=O)[C@H]4CCCC[C@H]4C3=O)CC2)c1. The number of likely N-dealkylation sites (tertiary alicyclic amines) is 1. The van der Waals surface area contributed by atoms with Gasteiger partial charge in [0.05, 0.1) is 18.5 Å². The maximum atomic E-state index is 12.6. The molecule has 3 aliphatic rings. The standard InChI is InChI=1S/C20H27N3O2/c1-15-5-4-6-16(13-15)22-11-9-21(10-12-22)14-23-19(24)17-7-2-3-8-18(17)20(23)25/h4-6,13,17-18H,2-3,7-12,14H2,1H3/t17-,18+. The minimum Gasteiger partial charge on any atom is -0.369 e. The average molecular weight is 341 g/mol. The molecule has 1 saturated carbocycles. The Morgan fingerprint density at radius 2 is 1.60 bits per heavy atom. The second-order valence-electron chi connectivity index (χ2n) is 7.69. The molecule has 0 N–H and O–H groups in total. The van der Waals surface area contributed by atoms with Crippen molar-refractivity contribution in [2.45, 2.75) is 32.6 Å². The Hall–Kier alpha value is -1.88. The monoisotopic (exact) mass is 341 g/mol. The van der Waals surface area contributed by atoms with Crippen LogP contribution in [0.15, 0.2) is 24.3 Å². The van der Waals surface area contributed by atoms with Gasteiger partial charge in [-0.05, 0) is 37.5 Å². The van der Waals surface area contributed by atoms with Crippen LogP contribution in [0.2, 0.25) is 0 Å². The molecule has 2 atom stereocenters. The molecule has 1 aromatic carbocycles. The second-order valence-corrected chi connectivity index (χ2v) is 7.69. The molecule has 134 valence electrons. The van der Waals surface area contributed by atoms with Crippen molar-refractivity contribution in [3.63, 3.8) is 0 Å². The Morgan fingerprint density at radius 3 is 2.20 bits per heavy atom.